The van der Waals surface area contributed by atoms with E-state index in [1.807, 2.05) is 0 Å². The van der Waals surface area contributed by atoms with Gasteiger partial charge in [0.25, 0.3) is 0 Å². The highest BCUT2D eigenvalue weighted by molar-refractivity contribution is 6.69. The van der Waals surface area contributed by atoms with Crippen molar-refractivity contribution in [3.63, 3.8) is 0 Å². The van der Waals surface area contributed by atoms with Crippen molar-refractivity contribution in [3.8, 4) is 0 Å². The molecule has 11 heavy (non-hydrogen) atoms. The Kier molecular flexibility index (Phi) is 6.65. The van der Waals surface area contributed by atoms with Gasteiger partial charge in [0, 0.05) is 6.04 Å². The van der Waals surface area contributed by atoms with Gasteiger partial charge >= 0.3 is 8.80 Å². The van der Waals surface area contributed by atoms with Crippen molar-refractivity contribution >= 4 is 40.3 Å². The lowest BCUT2D eigenvalue weighted by Crippen LogP contribution is -2.44. The zero-order valence-electron chi connectivity index (χ0n) is 5.92. The first kappa shape index (κ1) is 11.7. The lowest BCUT2D eigenvalue weighted by Gasteiger charge is -2.24. The Morgan fingerprint density at radius 3 is 1.82 bits per heavy atom. The van der Waals surface area contributed by atoms with Crippen LogP contribution < -0.4 is 5.73 Å². The van der Waals surface area contributed by atoms with Gasteiger partial charge in [-0.2, -0.15) is 0 Å². The molecule has 9 radical (unpaired) electrons. The minimum Gasteiger partial charge on any atom is -0.416 e. The highest BCUT2D eigenvalue weighted by Crippen LogP contribution is 2.12. The normalized spacial score (nSPS) is 12.0. The highest BCUT2D eigenvalue weighted by atomic mass is 28.5. The summed E-state index contributed by atoms with van der Waals surface area (Å²) in [5.74, 6) is 0. The molecule has 0 spiro atoms. The third-order valence-electron chi connectivity index (χ3n) is 1.15. The number of nitrogens with two attached hydrogens (primary N) is 1. The second-order valence-corrected chi connectivity index (χ2v) is 6.20. The van der Waals surface area contributed by atoms with Gasteiger partial charge in [-0.25, -0.2) is 0 Å². The van der Waals surface area contributed by atoms with Gasteiger partial charge in [-0.15, -0.1) is 0 Å². The molecule has 0 rings (SSSR count). The van der Waals surface area contributed by atoms with Crippen molar-refractivity contribution in [2.75, 3.05) is 6.54 Å². The summed E-state index contributed by atoms with van der Waals surface area (Å²) in [6.07, 6.45) is 0.783. The molecule has 0 saturated heterocycles. The van der Waals surface area contributed by atoms with Crippen LogP contribution in [0.5, 0.6) is 0 Å². The van der Waals surface area contributed by atoms with E-state index in [-0.39, 0.29) is 0 Å². The second-order valence-electron chi connectivity index (χ2n) is 1.88. The van der Waals surface area contributed by atoms with Gasteiger partial charge < -0.3 is 18.1 Å². The average Bonchev–Trinajstić information content (AvgIpc) is 2.08. The molecule has 0 aromatic heterocycles. The molecule has 0 saturated carbocycles. The van der Waals surface area contributed by atoms with Gasteiger partial charge in [0.15, 0.2) is 0 Å². The van der Waals surface area contributed by atoms with Gasteiger partial charge in [0.2, 0.25) is 31.5 Å². The van der Waals surface area contributed by atoms with Crippen molar-refractivity contribution in [2.24, 2.45) is 5.73 Å². The van der Waals surface area contributed by atoms with E-state index in [1.165, 1.54) is 0 Å². The Balaban J connectivity index is 3.84. The largest absolute Gasteiger partial charge is 0.468 e. The molecule has 4 nitrogen and oxygen atoms in total. The maximum Gasteiger partial charge on any atom is 0.468 e. The van der Waals surface area contributed by atoms with Gasteiger partial charge in [0.1, 0.15) is 0 Å². The van der Waals surface area contributed by atoms with Crippen molar-refractivity contribution in [1.82, 2.24) is 0 Å². The summed E-state index contributed by atoms with van der Waals surface area (Å²) < 4.78 is 14.7. The SMILES string of the molecule is NCCC[Si](O[Si])(O[Si])O[Si]. The molecule has 59 valence electrons. The van der Waals surface area contributed by atoms with Crippen LogP contribution in [0, 0.1) is 0 Å². The first-order valence-electron chi connectivity index (χ1n) is 2.99. The van der Waals surface area contributed by atoms with Crippen LogP contribution in [0.2, 0.25) is 6.04 Å². The minimum atomic E-state index is -2.58. The zero-order valence-corrected chi connectivity index (χ0v) is 9.92. The molecule has 0 aliphatic carbocycles. The fourth-order valence-electron chi connectivity index (χ4n) is 0.534. The molecule has 0 aliphatic heterocycles. The van der Waals surface area contributed by atoms with Crippen LogP contribution in [-0.4, -0.2) is 46.8 Å². The maximum absolute atomic E-state index is 5.31. The Labute approximate surface area is 77.8 Å². The fourth-order valence-corrected chi connectivity index (χ4v) is 4.02. The van der Waals surface area contributed by atoms with Gasteiger partial charge in [-0.1, -0.05) is 0 Å². The molecule has 0 aromatic carbocycles. The molecule has 0 amide bonds. The van der Waals surface area contributed by atoms with Crippen LogP contribution in [0.15, 0.2) is 0 Å². The summed E-state index contributed by atoms with van der Waals surface area (Å²) >= 11 is 0. The van der Waals surface area contributed by atoms with Crippen LogP contribution in [0.4, 0.5) is 0 Å². The third kappa shape index (κ3) is 3.75. The second kappa shape index (κ2) is 6.25. The minimum absolute atomic E-state index is 0.579. The molecule has 0 aliphatic rings. The van der Waals surface area contributed by atoms with Crippen LogP contribution in [0.3, 0.4) is 0 Å². The molecule has 0 heterocycles. The van der Waals surface area contributed by atoms with E-state index in [0.29, 0.717) is 12.6 Å². The molecular formula is C3H8NO3Si4. The van der Waals surface area contributed by atoms with Crippen LogP contribution >= 0.6 is 0 Å². The Hall–Kier alpha value is 0.708. The van der Waals surface area contributed by atoms with E-state index in [0.717, 1.165) is 6.42 Å². The smallest absolute Gasteiger partial charge is 0.416 e. The Morgan fingerprint density at radius 2 is 1.55 bits per heavy atom. The molecular weight excluding hydrogens is 210 g/mol. The van der Waals surface area contributed by atoms with E-state index in [9.17, 15) is 0 Å². The summed E-state index contributed by atoms with van der Waals surface area (Å²) in [4.78, 5) is 0. The number of rotatable bonds is 6. The highest BCUT2D eigenvalue weighted by Gasteiger charge is 2.35. The summed E-state index contributed by atoms with van der Waals surface area (Å²) in [7, 11) is 6.06. The summed E-state index contributed by atoms with van der Waals surface area (Å²) in [5.41, 5.74) is 5.31. The average molecular weight is 218 g/mol. The van der Waals surface area contributed by atoms with Gasteiger partial charge in [-0.05, 0) is 13.0 Å². The van der Waals surface area contributed by atoms with Gasteiger partial charge in [-0.3, -0.25) is 0 Å². The molecule has 0 atom stereocenters. The lowest BCUT2D eigenvalue weighted by atomic mass is 10.5. The first-order valence-corrected chi connectivity index (χ1v) is 6.14. The third-order valence-corrected chi connectivity index (χ3v) is 5.85. The number of hydrogen-bond acceptors (Lipinski definition) is 4. The van der Waals surface area contributed by atoms with Crippen molar-refractivity contribution in [1.29, 1.82) is 0 Å². The van der Waals surface area contributed by atoms with E-state index in [2.05, 4.69) is 31.5 Å². The molecule has 0 fully saturated rings. The predicted molar refractivity (Wildman–Crippen MR) is 44.7 cm³/mol. The molecule has 0 bridgehead atoms. The number of hydrogen-bond donors (Lipinski definition) is 1. The standard InChI is InChI=1S/C3H8NO3Si4/c4-2-1-3-11(5-8,6-9)7-10/h1-4H2. The molecule has 2 N–H and O–H groups in total. The topological polar surface area (TPSA) is 53.7 Å². The van der Waals surface area contributed by atoms with Crippen LogP contribution in [0.25, 0.3) is 0 Å². The van der Waals surface area contributed by atoms with E-state index in [1.54, 1.807) is 0 Å². The Morgan fingerprint density at radius 1 is 1.09 bits per heavy atom. The zero-order chi connectivity index (χ0) is 8.74. The quantitative estimate of drug-likeness (QED) is 0.556. The van der Waals surface area contributed by atoms with Crippen LogP contribution in [-0.2, 0) is 12.3 Å². The van der Waals surface area contributed by atoms with Gasteiger partial charge in [0.05, 0.1) is 0 Å². The summed E-state index contributed by atoms with van der Waals surface area (Å²) in [5, 5.41) is 0. The maximum atomic E-state index is 5.31. The lowest BCUT2D eigenvalue weighted by molar-refractivity contribution is 0.293. The predicted octanol–water partition coefficient (Wildman–Crippen LogP) is -1.43. The summed E-state index contributed by atoms with van der Waals surface area (Å²) in [6.45, 7) is 0.579. The summed E-state index contributed by atoms with van der Waals surface area (Å²) in [6, 6.07) is 0.639. The molecule has 8 heteroatoms. The monoisotopic (exact) mass is 218 g/mol. The Bertz CT molecular complexity index is 92.3. The van der Waals surface area contributed by atoms with Crippen LogP contribution in [0.1, 0.15) is 6.42 Å². The molecule has 0 unspecified atom stereocenters. The van der Waals surface area contributed by atoms with E-state index >= 15 is 0 Å². The van der Waals surface area contributed by atoms with Crippen molar-refractivity contribution in [2.45, 2.75) is 12.5 Å². The molecule has 0 aromatic rings. The van der Waals surface area contributed by atoms with E-state index < -0.39 is 8.80 Å². The van der Waals surface area contributed by atoms with Crippen molar-refractivity contribution < 1.29 is 12.3 Å². The van der Waals surface area contributed by atoms with Crippen molar-refractivity contribution in [3.05, 3.63) is 0 Å². The first-order chi connectivity index (χ1) is 5.24. The fraction of sp³-hybridized carbons (Fsp3) is 1.00. The van der Waals surface area contributed by atoms with E-state index in [4.69, 9.17) is 18.1 Å².